The van der Waals surface area contributed by atoms with E-state index in [-0.39, 0.29) is 16.8 Å². The van der Waals surface area contributed by atoms with E-state index in [9.17, 15) is 13.2 Å². The lowest BCUT2D eigenvalue weighted by atomic mass is 9.96. The molecule has 0 bridgehead atoms. The lowest BCUT2D eigenvalue weighted by molar-refractivity contribution is -0.118. The van der Waals surface area contributed by atoms with Gasteiger partial charge in [-0.1, -0.05) is 0 Å². The molecule has 3 aliphatic rings. The molecule has 0 aromatic heterocycles. The van der Waals surface area contributed by atoms with Crippen LogP contribution in [0.3, 0.4) is 0 Å². The normalized spacial score (nSPS) is 27.5. The minimum Gasteiger partial charge on any atom is -0.371 e. The van der Waals surface area contributed by atoms with Crippen molar-refractivity contribution >= 4 is 37.0 Å². The summed E-state index contributed by atoms with van der Waals surface area (Å²) < 4.78 is 29.0. The lowest BCUT2D eigenvalue weighted by Gasteiger charge is -2.25. The number of likely N-dealkylation sites (tertiary alicyclic amines) is 1. The minimum atomic E-state index is -2.47. The molecular formula is C17H23BrN2O4S. The molecule has 0 aromatic carbocycles. The Morgan fingerprint density at radius 3 is 2.72 bits per heavy atom. The SMILES string of the molecule is COC1C(C(=O)NC2CCN(CC3CC3)C2)=CC(C)=C(Br)C1=S(=O)=O. The maximum absolute atomic E-state index is 12.8. The van der Waals surface area contributed by atoms with Gasteiger partial charge in [-0.2, -0.15) is 8.42 Å². The molecule has 6 nitrogen and oxygen atoms in total. The van der Waals surface area contributed by atoms with Crippen LogP contribution in [0.4, 0.5) is 0 Å². The number of carbonyl (C=O) groups is 1. The number of nitrogens with zero attached hydrogens (tertiary/aromatic N) is 1. The van der Waals surface area contributed by atoms with Crippen molar-refractivity contribution in [1.29, 1.82) is 0 Å². The Balaban J connectivity index is 1.72. The van der Waals surface area contributed by atoms with E-state index in [1.54, 1.807) is 13.0 Å². The third kappa shape index (κ3) is 4.24. The van der Waals surface area contributed by atoms with Crippen molar-refractivity contribution in [3.8, 4) is 0 Å². The highest BCUT2D eigenvalue weighted by atomic mass is 79.9. The van der Waals surface area contributed by atoms with Crippen molar-refractivity contribution < 1.29 is 17.9 Å². The second kappa shape index (κ2) is 7.73. The highest BCUT2D eigenvalue weighted by molar-refractivity contribution is 9.12. The summed E-state index contributed by atoms with van der Waals surface area (Å²) in [6.45, 7) is 4.75. The van der Waals surface area contributed by atoms with Crippen molar-refractivity contribution in [2.24, 2.45) is 5.92 Å². The molecule has 138 valence electrons. The van der Waals surface area contributed by atoms with Gasteiger partial charge in [0, 0.05) is 37.3 Å². The molecule has 2 unspecified atom stereocenters. The highest BCUT2D eigenvalue weighted by Gasteiger charge is 2.35. The van der Waals surface area contributed by atoms with Gasteiger partial charge in [0.25, 0.3) is 5.91 Å². The largest absolute Gasteiger partial charge is 0.371 e. The van der Waals surface area contributed by atoms with Gasteiger partial charge in [-0.05, 0) is 59.7 Å². The molecule has 2 aliphatic carbocycles. The minimum absolute atomic E-state index is 0.0643. The topological polar surface area (TPSA) is 75.7 Å². The van der Waals surface area contributed by atoms with Crippen LogP contribution >= 0.6 is 15.9 Å². The second-order valence-corrected chi connectivity index (χ2v) is 8.68. The highest BCUT2D eigenvalue weighted by Crippen LogP contribution is 2.31. The molecule has 8 heteroatoms. The van der Waals surface area contributed by atoms with E-state index in [2.05, 4.69) is 26.1 Å². The summed E-state index contributed by atoms with van der Waals surface area (Å²) in [6, 6.07) is 0.0977. The van der Waals surface area contributed by atoms with Crippen LogP contribution in [0.25, 0.3) is 0 Å². The van der Waals surface area contributed by atoms with E-state index in [1.807, 2.05) is 0 Å². The molecule has 1 N–H and O–H groups in total. The molecule has 0 spiro atoms. The lowest BCUT2D eigenvalue weighted by Crippen LogP contribution is -2.43. The standard InChI is InChI=1S/C17H23BrN2O4S/c1-10-7-13(15(24-2)16(14(10)18)25(22)23)17(21)19-12-5-6-20(9-12)8-11-3-4-11/h7,11-12,15H,3-6,8-9H2,1-2H3,(H,19,21). The van der Waals surface area contributed by atoms with Crippen LogP contribution in [0.2, 0.25) is 0 Å². The van der Waals surface area contributed by atoms with Crippen molar-refractivity contribution in [3.05, 3.63) is 21.7 Å². The van der Waals surface area contributed by atoms with Gasteiger partial charge in [-0.25, -0.2) is 0 Å². The van der Waals surface area contributed by atoms with E-state index in [4.69, 9.17) is 4.74 Å². The Kier molecular flexibility index (Phi) is 5.82. The summed E-state index contributed by atoms with van der Waals surface area (Å²) in [7, 11) is -1.06. The predicted octanol–water partition coefficient (Wildman–Crippen LogP) is 1.26. The van der Waals surface area contributed by atoms with Gasteiger partial charge in [-0.15, -0.1) is 0 Å². The summed E-state index contributed by atoms with van der Waals surface area (Å²) in [5.41, 5.74) is 1.03. The van der Waals surface area contributed by atoms with Crippen LogP contribution in [0.15, 0.2) is 21.7 Å². The average molecular weight is 431 g/mol. The molecule has 1 saturated carbocycles. The summed E-state index contributed by atoms with van der Waals surface area (Å²) in [4.78, 5) is 15.2. The molecule has 1 saturated heterocycles. The summed E-state index contributed by atoms with van der Waals surface area (Å²) >= 11 is 3.29. The quantitative estimate of drug-likeness (QED) is 0.664. The van der Waals surface area contributed by atoms with Crippen LogP contribution in [0.1, 0.15) is 26.2 Å². The zero-order valence-electron chi connectivity index (χ0n) is 14.4. The number of hydrogen-bond acceptors (Lipinski definition) is 5. The van der Waals surface area contributed by atoms with Gasteiger partial charge in [0.2, 0.25) is 10.3 Å². The number of carbonyl (C=O) groups excluding carboxylic acids is 1. The fraction of sp³-hybridized carbons (Fsp3) is 0.647. The zero-order chi connectivity index (χ0) is 18.1. The number of halogens is 1. The maximum atomic E-state index is 12.8. The number of ether oxygens (including phenoxy) is 1. The fourth-order valence-electron chi connectivity index (χ4n) is 3.45. The zero-order valence-corrected chi connectivity index (χ0v) is 16.8. The first-order chi connectivity index (χ1) is 11.9. The molecule has 1 amide bonds. The smallest absolute Gasteiger partial charge is 0.250 e. The van der Waals surface area contributed by atoms with Crippen LogP contribution < -0.4 is 5.32 Å². The van der Waals surface area contributed by atoms with Crippen LogP contribution in [-0.2, 0) is 19.8 Å². The Labute approximate surface area is 157 Å². The summed E-state index contributed by atoms with van der Waals surface area (Å²) in [6.07, 6.45) is 4.37. The number of allylic oxidation sites excluding steroid dienone is 2. The first kappa shape index (κ1) is 18.8. The predicted molar refractivity (Wildman–Crippen MR) is 100 cm³/mol. The Hall–Kier alpha value is -0.960. The van der Waals surface area contributed by atoms with Crippen molar-refractivity contribution in [1.82, 2.24) is 10.2 Å². The third-order valence-corrected chi connectivity index (χ3v) is 7.05. The Morgan fingerprint density at radius 2 is 2.12 bits per heavy atom. The molecule has 2 atom stereocenters. The van der Waals surface area contributed by atoms with E-state index >= 15 is 0 Å². The second-order valence-electron chi connectivity index (χ2n) is 6.97. The fourth-order valence-corrected chi connectivity index (χ4v) is 4.88. The van der Waals surface area contributed by atoms with Crippen LogP contribution in [-0.4, -0.2) is 63.0 Å². The molecule has 2 fully saturated rings. The number of methoxy groups -OCH3 is 1. The van der Waals surface area contributed by atoms with E-state index in [1.165, 1.54) is 20.0 Å². The molecule has 0 aromatic rings. The number of hydrogen-bond donors (Lipinski definition) is 1. The van der Waals surface area contributed by atoms with Crippen molar-refractivity contribution in [3.63, 3.8) is 0 Å². The first-order valence-corrected chi connectivity index (χ1v) is 10.4. The average Bonchev–Trinajstić information content (AvgIpc) is 3.27. The van der Waals surface area contributed by atoms with E-state index < -0.39 is 16.4 Å². The third-order valence-electron chi connectivity index (χ3n) is 4.95. The molecule has 1 heterocycles. The molecule has 25 heavy (non-hydrogen) atoms. The van der Waals surface area contributed by atoms with E-state index in [0.717, 1.165) is 32.0 Å². The van der Waals surface area contributed by atoms with Gasteiger partial charge >= 0.3 is 0 Å². The molecule has 3 rings (SSSR count). The van der Waals surface area contributed by atoms with E-state index in [0.29, 0.717) is 15.6 Å². The van der Waals surface area contributed by atoms with Gasteiger partial charge in [0.15, 0.2) is 0 Å². The van der Waals surface area contributed by atoms with Crippen LogP contribution in [0.5, 0.6) is 0 Å². The van der Waals surface area contributed by atoms with Crippen LogP contribution in [0, 0.1) is 5.92 Å². The van der Waals surface area contributed by atoms with Crippen molar-refractivity contribution in [2.45, 2.75) is 38.3 Å². The molecular weight excluding hydrogens is 408 g/mol. The monoisotopic (exact) mass is 430 g/mol. The summed E-state index contributed by atoms with van der Waals surface area (Å²) in [5, 5.41) is 3.05. The van der Waals surface area contributed by atoms with Gasteiger partial charge in [0.1, 0.15) is 11.0 Å². The van der Waals surface area contributed by atoms with Crippen molar-refractivity contribution in [2.75, 3.05) is 26.7 Å². The van der Waals surface area contributed by atoms with Gasteiger partial charge in [0.05, 0.1) is 5.57 Å². The first-order valence-electron chi connectivity index (χ1n) is 8.51. The number of nitrogens with one attached hydrogen (secondary N) is 1. The summed E-state index contributed by atoms with van der Waals surface area (Å²) in [5.74, 6) is 0.579. The van der Waals surface area contributed by atoms with Gasteiger partial charge < -0.3 is 15.0 Å². The maximum Gasteiger partial charge on any atom is 0.250 e. The molecule has 0 radical (unpaired) electrons. The van der Waals surface area contributed by atoms with Gasteiger partial charge in [-0.3, -0.25) is 4.79 Å². The number of amides is 1. The Bertz CT molecular complexity index is 760. The Morgan fingerprint density at radius 1 is 1.40 bits per heavy atom. The molecule has 1 aliphatic heterocycles. The number of rotatable bonds is 5.